The van der Waals surface area contributed by atoms with Gasteiger partial charge < -0.3 is 4.74 Å². The van der Waals surface area contributed by atoms with Crippen LogP contribution in [0.25, 0.3) is 0 Å². The first-order valence-corrected chi connectivity index (χ1v) is 11.1. The van der Waals surface area contributed by atoms with Crippen molar-refractivity contribution in [2.75, 3.05) is 6.61 Å². The summed E-state index contributed by atoms with van der Waals surface area (Å²) in [4.78, 5) is 24.8. The first-order chi connectivity index (χ1) is 12.0. The molecule has 25 heavy (non-hydrogen) atoms. The van der Waals surface area contributed by atoms with Crippen LogP contribution in [-0.2, 0) is 20.7 Å². The number of carbonyl (C=O) groups is 2. The molecule has 0 aliphatic heterocycles. The normalized spacial score (nSPS) is 10.6. The van der Waals surface area contributed by atoms with E-state index < -0.39 is 0 Å². The van der Waals surface area contributed by atoms with Crippen molar-refractivity contribution in [2.45, 2.75) is 22.9 Å². The fourth-order valence-corrected chi connectivity index (χ4v) is 3.98. The summed E-state index contributed by atoms with van der Waals surface area (Å²) >= 11 is 10.3. The number of halogens is 3. The Hall–Kier alpha value is -0.980. The zero-order valence-corrected chi connectivity index (χ0v) is 18.4. The lowest BCUT2D eigenvalue weighted by Crippen LogP contribution is -2.10. The Labute approximate surface area is 172 Å². The van der Waals surface area contributed by atoms with Gasteiger partial charge in [0.2, 0.25) is 0 Å². The minimum Gasteiger partial charge on any atom is -0.462 e. The summed E-state index contributed by atoms with van der Waals surface area (Å²) < 4.78 is 5.06. The molecule has 0 heterocycles. The number of benzene rings is 2. The maximum absolute atomic E-state index is 12.8. The third-order valence-electron chi connectivity index (χ3n) is 3.76. The molecule has 0 fully saturated rings. The van der Waals surface area contributed by atoms with Gasteiger partial charge in [0.05, 0.1) is 12.2 Å². The van der Waals surface area contributed by atoms with Gasteiger partial charge in [-0.25, -0.2) is 4.79 Å². The quantitative estimate of drug-likeness (QED) is 0.258. The van der Waals surface area contributed by atoms with Crippen LogP contribution in [-0.4, -0.2) is 18.4 Å². The van der Waals surface area contributed by atoms with E-state index in [9.17, 15) is 9.59 Å². The molecule has 0 spiro atoms. The van der Waals surface area contributed by atoms with Gasteiger partial charge in [0.25, 0.3) is 0 Å². The minimum atomic E-state index is -0.376. The second kappa shape index (κ2) is 9.64. The standard InChI is InChI=1S/C19H17Br3O3/c1-2-25-19(24)17-6-5-13(8-16(17)11-22)18(23)12-3-4-14(9-20)15(7-12)10-21/h3-8H,2,9-11H2,1H3. The van der Waals surface area contributed by atoms with Crippen molar-refractivity contribution in [2.24, 2.45) is 0 Å². The summed E-state index contributed by atoms with van der Waals surface area (Å²) in [5, 5.41) is 1.89. The van der Waals surface area contributed by atoms with Crippen LogP contribution in [0.2, 0.25) is 0 Å². The molecular weight excluding hydrogens is 516 g/mol. The lowest BCUT2D eigenvalue weighted by Gasteiger charge is -2.10. The Balaban J connectivity index is 2.38. The fourth-order valence-electron chi connectivity index (χ4n) is 2.44. The van der Waals surface area contributed by atoms with Crippen LogP contribution >= 0.6 is 47.8 Å². The molecule has 0 atom stereocenters. The topological polar surface area (TPSA) is 43.4 Å². The summed E-state index contributed by atoms with van der Waals surface area (Å²) in [5.41, 5.74) is 4.62. The predicted octanol–water partition coefficient (Wildman–Crippen LogP) is 5.78. The van der Waals surface area contributed by atoms with Crippen LogP contribution in [0.3, 0.4) is 0 Å². The number of esters is 1. The Bertz CT molecular complexity index is 787. The number of hydrogen-bond acceptors (Lipinski definition) is 3. The van der Waals surface area contributed by atoms with Crippen LogP contribution in [0.1, 0.15) is 49.9 Å². The van der Waals surface area contributed by atoms with Gasteiger partial charge in [-0.3, -0.25) is 4.79 Å². The number of rotatable bonds is 7. The molecule has 0 unspecified atom stereocenters. The lowest BCUT2D eigenvalue weighted by atomic mass is 9.96. The number of ether oxygens (including phenoxy) is 1. The molecule has 0 amide bonds. The summed E-state index contributed by atoms with van der Waals surface area (Å²) in [6, 6.07) is 10.8. The molecule has 3 nitrogen and oxygen atoms in total. The number of ketones is 1. The lowest BCUT2D eigenvalue weighted by molar-refractivity contribution is 0.0525. The summed E-state index contributed by atoms with van der Waals surface area (Å²) in [6.07, 6.45) is 0. The second-order valence-electron chi connectivity index (χ2n) is 5.31. The van der Waals surface area contributed by atoms with Crippen molar-refractivity contribution in [1.82, 2.24) is 0 Å². The number of alkyl halides is 3. The van der Waals surface area contributed by atoms with Gasteiger partial charge in [-0.15, -0.1) is 0 Å². The largest absolute Gasteiger partial charge is 0.462 e. The Morgan fingerprint density at radius 1 is 0.840 bits per heavy atom. The van der Waals surface area contributed by atoms with Gasteiger partial charge in [0.15, 0.2) is 5.78 Å². The number of hydrogen-bond donors (Lipinski definition) is 0. The van der Waals surface area contributed by atoms with Crippen molar-refractivity contribution in [3.05, 3.63) is 69.8 Å². The highest BCUT2D eigenvalue weighted by Gasteiger charge is 2.17. The number of carbonyl (C=O) groups excluding carboxylic acids is 2. The summed E-state index contributed by atoms with van der Waals surface area (Å²) in [7, 11) is 0. The maximum Gasteiger partial charge on any atom is 0.338 e. The molecule has 2 rings (SSSR count). The second-order valence-corrected chi connectivity index (χ2v) is 6.99. The Morgan fingerprint density at radius 3 is 1.96 bits per heavy atom. The smallest absolute Gasteiger partial charge is 0.338 e. The van der Waals surface area contributed by atoms with E-state index in [1.54, 1.807) is 25.1 Å². The highest BCUT2D eigenvalue weighted by molar-refractivity contribution is 9.09. The van der Waals surface area contributed by atoms with E-state index >= 15 is 0 Å². The zero-order valence-electron chi connectivity index (χ0n) is 13.7. The third kappa shape index (κ3) is 4.80. The molecule has 132 valence electrons. The third-order valence-corrected chi connectivity index (χ3v) is 5.58. The van der Waals surface area contributed by atoms with Crippen molar-refractivity contribution in [1.29, 1.82) is 0 Å². The maximum atomic E-state index is 12.8. The van der Waals surface area contributed by atoms with Crippen LogP contribution < -0.4 is 0 Å². The molecule has 0 aliphatic rings. The average Bonchev–Trinajstić information content (AvgIpc) is 2.66. The molecule has 0 N–H and O–H groups in total. The zero-order chi connectivity index (χ0) is 18.4. The Kier molecular flexibility index (Phi) is 7.84. The van der Waals surface area contributed by atoms with Crippen molar-refractivity contribution >= 4 is 59.5 Å². The monoisotopic (exact) mass is 530 g/mol. The fraction of sp³-hybridized carbons (Fsp3) is 0.263. The molecule has 6 heteroatoms. The molecule has 0 radical (unpaired) electrons. The van der Waals surface area contributed by atoms with Gasteiger partial charge in [-0.2, -0.15) is 0 Å². The predicted molar refractivity (Wildman–Crippen MR) is 110 cm³/mol. The van der Waals surface area contributed by atoms with E-state index in [0.717, 1.165) is 22.0 Å². The van der Waals surface area contributed by atoms with Crippen molar-refractivity contribution in [3.63, 3.8) is 0 Å². The summed E-state index contributed by atoms with van der Waals surface area (Å²) in [5.74, 6) is -0.444. The Morgan fingerprint density at radius 2 is 1.40 bits per heavy atom. The van der Waals surface area contributed by atoms with Crippen molar-refractivity contribution in [3.8, 4) is 0 Å². The van der Waals surface area contributed by atoms with Crippen LogP contribution in [0, 0.1) is 0 Å². The van der Waals surface area contributed by atoms with Gasteiger partial charge in [-0.05, 0) is 41.8 Å². The van der Waals surface area contributed by atoms with Crippen LogP contribution in [0.4, 0.5) is 0 Å². The van der Waals surface area contributed by atoms with E-state index in [2.05, 4.69) is 47.8 Å². The van der Waals surface area contributed by atoms with Gasteiger partial charge in [-0.1, -0.05) is 66.0 Å². The van der Waals surface area contributed by atoms with E-state index in [4.69, 9.17) is 4.74 Å². The summed E-state index contributed by atoms with van der Waals surface area (Å²) in [6.45, 7) is 2.08. The van der Waals surface area contributed by atoms with E-state index in [1.165, 1.54) is 0 Å². The molecular formula is C19H17Br3O3. The van der Waals surface area contributed by atoms with Gasteiger partial charge >= 0.3 is 5.97 Å². The first-order valence-electron chi connectivity index (χ1n) is 7.70. The van der Waals surface area contributed by atoms with Gasteiger partial charge in [0.1, 0.15) is 0 Å². The van der Waals surface area contributed by atoms with Crippen LogP contribution in [0.5, 0.6) is 0 Å². The minimum absolute atomic E-state index is 0.0686. The molecule has 0 saturated heterocycles. The molecule has 0 saturated carbocycles. The highest BCUT2D eigenvalue weighted by atomic mass is 79.9. The van der Waals surface area contributed by atoms with Crippen molar-refractivity contribution < 1.29 is 14.3 Å². The first kappa shape index (κ1) is 20.3. The van der Waals surface area contributed by atoms with Gasteiger partial charge in [0, 0.05) is 27.1 Å². The van der Waals surface area contributed by atoms with E-state index in [1.807, 2.05) is 18.2 Å². The van der Waals surface area contributed by atoms with E-state index in [-0.39, 0.29) is 11.8 Å². The molecule has 0 bridgehead atoms. The molecule has 2 aromatic carbocycles. The van der Waals surface area contributed by atoms with Crippen LogP contribution in [0.15, 0.2) is 36.4 Å². The SMILES string of the molecule is CCOC(=O)c1ccc(C(=O)c2ccc(CBr)c(CBr)c2)cc1CBr. The average molecular weight is 533 g/mol. The van der Waals surface area contributed by atoms with E-state index in [0.29, 0.717) is 34.0 Å². The molecule has 0 aromatic heterocycles. The molecule has 2 aromatic rings. The molecule has 0 aliphatic carbocycles. The highest BCUT2D eigenvalue weighted by Crippen LogP contribution is 2.22.